The fourth-order valence-electron chi connectivity index (χ4n) is 2.33. The van der Waals surface area contributed by atoms with Gasteiger partial charge in [0.1, 0.15) is 5.75 Å². The zero-order chi connectivity index (χ0) is 16.3. The standard InChI is InChI=1S/C14H21N3O4S/c1-11(15)14(18)16-7-9-17(10-8-16)22(19,20)13-5-3-12(21-2)4-6-13/h3-6,11H,7-10,15H2,1-2H3/t11-/m1/s1. The average molecular weight is 327 g/mol. The van der Waals surface area contributed by atoms with Crippen LogP contribution in [0.2, 0.25) is 0 Å². The van der Waals surface area contributed by atoms with Crippen molar-refractivity contribution in [2.45, 2.75) is 17.9 Å². The molecule has 0 spiro atoms. The highest BCUT2D eigenvalue weighted by molar-refractivity contribution is 7.89. The molecule has 7 nitrogen and oxygen atoms in total. The van der Waals surface area contributed by atoms with E-state index in [0.29, 0.717) is 18.8 Å². The van der Waals surface area contributed by atoms with Gasteiger partial charge in [-0.25, -0.2) is 8.42 Å². The van der Waals surface area contributed by atoms with Crippen LogP contribution in [0.5, 0.6) is 5.75 Å². The Bertz CT molecular complexity index is 620. The van der Waals surface area contributed by atoms with Crippen molar-refractivity contribution in [1.82, 2.24) is 9.21 Å². The number of carbonyl (C=O) groups excluding carboxylic acids is 1. The Morgan fingerprint density at radius 1 is 1.18 bits per heavy atom. The van der Waals surface area contributed by atoms with Crippen molar-refractivity contribution in [3.8, 4) is 5.75 Å². The predicted octanol–water partition coefficient (Wildman–Crippen LogP) is -0.125. The Kier molecular flexibility index (Phi) is 5.05. The molecule has 1 amide bonds. The van der Waals surface area contributed by atoms with Gasteiger partial charge in [-0.1, -0.05) is 0 Å². The first kappa shape index (κ1) is 16.7. The van der Waals surface area contributed by atoms with Crippen LogP contribution in [0.4, 0.5) is 0 Å². The Morgan fingerprint density at radius 2 is 1.73 bits per heavy atom. The molecule has 1 aliphatic rings. The van der Waals surface area contributed by atoms with E-state index in [1.165, 1.54) is 23.5 Å². The normalized spacial score (nSPS) is 18.0. The average Bonchev–Trinajstić information content (AvgIpc) is 2.54. The van der Waals surface area contributed by atoms with E-state index in [9.17, 15) is 13.2 Å². The second-order valence-corrected chi connectivity index (χ2v) is 7.13. The van der Waals surface area contributed by atoms with Crippen LogP contribution in [0.15, 0.2) is 29.2 Å². The Hall–Kier alpha value is -1.64. The van der Waals surface area contributed by atoms with E-state index in [1.54, 1.807) is 24.0 Å². The molecule has 1 aliphatic heterocycles. The van der Waals surface area contributed by atoms with Crippen molar-refractivity contribution >= 4 is 15.9 Å². The molecule has 0 aromatic heterocycles. The summed E-state index contributed by atoms with van der Waals surface area (Å²) in [5.74, 6) is 0.452. The zero-order valence-corrected chi connectivity index (χ0v) is 13.5. The van der Waals surface area contributed by atoms with E-state index >= 15 is 0 Å². The van der Waals surface area contributed by atoms with E-state index in [4.69, 9.17) is 10.5 Å². The van der Waals surface area contributed by atoms with E-state index in [2.05, 4.69) is 0 Å². The Morgan fingerprint density at radius 3 is 2.18 bits per heavy atom. The van der Waals surface area contributed by atoms with Gasteiger partial charge < -0.3 is 15.4 Å². The van der Waals surface area contributed by atoms with Crippen molar-refractivity contribution in [2.75, 3.05) is 33.3 Å². The van der Waals surface area contributed by atoms with Gasteiger partial charge >= 0.3 is 0 Å². The molecule has 1 aromatic rings. The lowest BCUT2D eigenvalue weighted by atomic mass is 10.2. The highest BCUT2D eigenvalue weighted by Crippen LogP contribution is 2.20. The molecule has 0 aliphatic carbocycles. The summed E-state index contributed by atoms with van der Waals surface area (Å²) in [6.45, 7) is 2.88. The number of ether oxygens (including phenoxy) is 1. The molecule has 2 N–H and O–H groups in total. The first-order chi connectivity index (χ1) is 10.4. The summed E-state index contributed by atoms with van der Waals surface area (Å²) >= 11 is 0. The summed E-state index contributed by atoms with van der Waals surface area (Å²) in [5, 5.41) is 0. The smallest absolute Gasteiger partial charge is 0.243 e. The molecule has 0 radical (unpaired) electrons. The van der Waals surface area contributed by atoms with Crippen LogP contribution in [0.1, 0.15) is 6.92 Å². The van der Waals surface area contributed by atoms with Crippen molar-refractivity contribution in [2.24, 2.45) is 5.73 Å². The number of hydrogen-bond donors (Lipinski definition) is 1. The predicted molar refractivity (Wildman–Crippen MR) is 82.0 cm³/mol. The van der Waals surface area contributed by atoms with Gasteiger partial charge in [-0.05, 0) is 31.2 Å². The molecule has 0 bridgehead atoms. The maximum Gasteiger partial charge on any atom is 0.243 e. The minimum atomic E-state index is -3.55. The van der Waals surface area contributed by atoms with Gasteiger partial charge in [0.2, 0.25) is 15.9 Å². The maximum absolute atomic E-state index is 12.6. The number of sulfonamides is 1. The summed E-state index contributed by atoms with van der Waals surface area (Å²) in [6.07, 6.45) is 0. The van der Waals surface area contributed by atoms with Crippen molar-refractivity contribution in [1.29, 1.82) is 0 Å². The molecule has 1 heterocycles. The summed E-state index contributed by atoms with van der Waals surface area (Å²) in [4.78, 5) is 13.6. The zero-order valence-electron chi connectivity index (χ0n) is 12.7. The van der Waals surface area contributed by atoms with Crippen LogP contribution in [-0.2, 0) is 14.8 Å². The van der Waals surface area contributed by atoms with Crippen LogP contribution in [0, 0.1) is 0 Å². The second kappa shape index (κ2) is 6.64. The molecule has 0 saturated carbocycles. The van der Waals surface area contributed by atoms with Crippen LogP contribution in [-0.4, -0.2) is 62.9 Å². The molecule has 8 heteroatoms. The third-order valence-electron chi connectivity index (χ3n) is 3.64. The molecule has 122 valence electrons. The van der Waals surface area contributed by atoms with Crippen LogP contribution in [0.3, 0.4) is 0 Å². The number of rotatable bonds is 4. The first-order valence-electron chi connectivity index (χ1n) is 7.05. The van der Waals surface area contributed by atoms with E-state index in [1.807, 2.05) is 0 Å². The maximum atomic E-state index is 12.6. The summed E-state index contributed by atoms with van der Waals surface area (Å²) in [5.41, 5.74) is 5.57. The number of methoxy groups -OCH3 is 1. The number of nitrogens with two attached hydrogens (primary N) is 1. The minimum Gasteiger partial charge on any atom is -0.497 e. The molecule has 1 saturated heterocycles. The van der Waals surface area contributed by atoms with Gasteiger partial charge in [0.05, 0.1) is 18.0 Å². The molecule has 1 atom stereocenters. The van der Waals surface area contributed by atoms with E-state index in [0.717, 1.165) is 0 Å². The largest absolute Gasteiger partial charge is 0.497 e. The third-order valence-corrected chi connectivity index (χ3v) is 5.55. The summed E-state index contributed by atoms with van der Waals surface area (Å²) < 4.78 is 31.5. The Labute approximate surface area is 130 Å². The fourth-order valence-corrected chi connectivity index (χ4v) is 3.76. The monoisotopic (exact) mass is 327 g/mol. The van der Waals surface area contributed by atoms with Gasteiger partial charge in [-0.15, -0.1) is 0 Å². The number of hydrogen-bond acceptors (Lipinski definition) is 5. The van der Waals surface area contributed by atoms with Gasteiger partial charge in [-0.3, -0.25) is 4.79 Å². The number of nitrogens with zero attached hydrogens (tertiary/aromatic N) is 2. The number of piperazine rings is 1. The van der Waals surface area contributed by atoms with Gasteiger partial charge in [-0.2, -0.15) is 4.31 Å². The fraction of sp³-hybridized carbons (Fsp3) is 0.500. The van der Waals surface area contributed by atoms with Crippen molar-refractivity contribution in [3.05, 3.63) is 24.3 Å². The quantitative estimate of drug-likeness (QED) is 0.832. The van der Waals surface area contributed by atoms with Crippen molar-refractivity contribution in [3.63, 3.8) is 0 Å². The third kappa shape index (κ3) is 3.40. The summed E-state index contributed by atoms with van der Waals surface area (Å²) in [7, 11) is -2.02. The molecule has 1 aromatic carbocycles. The lowest BCUT2D eigenvalue weighted by Gasteiger charge is -2.34. The highest BCUT2D eigenvalue weighted by Gasteiger charge is 2.30. The van der Waals surface area contributed by atoms with Gasteiger partial charge in [0, 0.05) is 26.2 Å². The summed E-state index contributed by atoms with van der Waals surface area (Å²) in [6, 6.07) is 5.71. The van der Waals surface area contributed by atoms with Gasteiger partial charge in [0.15, 0.2) is 0 Å². The van der Waals surface area contributed by atoms with E-state index < -0.39 is 16.1 Å². The SMILES string of the molecule is COc1ccc(S(=O)(=O)N2CCN(C(=O)[C@@H](C)N)CC2)cc1. The Balaban J connectivity index is 2.07. The van der Waals surface area contributed by atoms with Crippen LogP contribution in [0.25, 0.3) is 0 Å². The molecular formula is C14H21N3O4S. The van der Waals surface area contributed by atoms with Crippen LogP contribution >= 0.6 is 0 Å². The molecule has 2 rings (SSSR count). The first-order valence-corrected chi connectivity index (χ1v) is 8.49. The number of carbonyl (C=O) groups is 1. The van der Waals surface area contributed by atoms with E-state index in [-0.39, 0.29) is 23.9 Å². The lowest BCUT2D eigenvalue weighted by molar-refractivity contribution is -0.133. The highest BCUT2D eigenvalue weighted by atomic mass is 32.2. The molecular weight excluding hydrogens is 306 g/mol. The van der Waals surface area contributed by atoms with Crippen LogP contribution < -0.4 is 10.5 Å². The van der Waals surface area contributed by atoms with Gasteiger partial charge in [0.25, 0.3) is 0 Å². The number of amides is 1. The molecule has 0 unspecified atom stereocenters. The molecule has 22 heavy (non-hydrogen) atoms. The second-order valence-electron chi connectivity index (χ2n) is 5.19. The number of benzene rings is 1. The molecule has 1 fully saturated rings. The minimum absolute atomic E-state index is 0.151. The lowest BCUT2D eigenvalue weighted by Crippen LogP contribution is -2.53. The van der Waals surface area contributed by atoms with Crippen molar-refractivity contribution < 1.29 is 17.9 Å². The topological polar surface area (TPSA) is 92.9 Å².